The molecule has 39 heavy (non-hydrogen) atoms. The molecule has 0 radical (unpaired) electrons. The van der Waals surface area contributed by atoms with Gasteiger partial charge in [0, 0.05) is 26.3 Å². The highest BCUT2D eigenvalue weighted by molar-refractivity contribution is 4.81. The van der Waals surface area contributed by atoms with E-state index in [9.17, 15) is 0 Å². The molecule has 0 spiro atoms. The van der Waals surface area contributed by atoms with Gasteiger partial charge in [-0.2, -0.15) is 0 Å². The third-order valence-corrected chi connectivity index (χ3v) is 7.45. The van der Waals surface area contributed by atoms with E-state index in [-0.39, 0.29) is 0 Å². The Balaban J connectivity index is 3.07. The maximum atomic E-state index is 5.76. The third-order valence-electron chi connectivity index (χ3n) is 7.45. The molecule has 0 aromatic rings. The van der Waals surface area contributed by atoms with Crippen molar-refractivity contribution >= 4 is 0 Å². The summed E-state index contributed by atoms with van der Waals surface area (Å²) in [5, 5.41) is 3.43. The van der Waals surface area contributed by atoms with Gasteiger partial charge in [0.1, 0.15) is 0 Å². The summed E-state index contributed by atoms with van der Waals surface area (Å²) in [6.45, 7) is 9.88. The van der Waals surface area contributed by atoms with Crippen molar-refractivity contribution in [2.24, 2.45) is 0 Å². The van der Waals surface area contributed by atoms with Crippen molar-refractivity contribution in [2.45, 2.75) is 168 Å². The molecule has 0 aromatic heterocycles. The lowest BCUT2D eigenvalue weighted by atomic mass is 10.1. The maximum Gasteiger partial charge on any atom is 0.0590 e. The van der Waals surface area contributed by atoms with Crippen LogP contribution in [-0.2, 0) is 9.47 Å². The van der Waals surface area contributed by atoms with Crippen molar-refractivity contribution in [3.8, 4) is 0 Å². The van der Waals surface area contributed by atoms with Gasteiger partial charge in [-0.05, 0) is 64.2 Å². The zero-order valence-electron chi connectivity index (χ0n) is 26.8. The fourth-order valence-electron chi connectivity index (χ4n) is 4.81. The van der Waals surface area contributed by atoms with Crippen molar-refractivity contribution in [3.05, 3.63) is 24.3 Å². The van der Waals surface area contributed by atoms with E-state index < -0.39 is 0 Å². The summed E-state index contributed by atoms with van der Waals surface area (Å²) in [4.78, 5) is 0. The Hall–Kier alpha value is -0.640. The van der Waals surface area contributed by atoms with Gasteiger partial charge in [-0.15, -0.1) is 0 Å². The summed E-state index contributed by atoms with van der Waals surface area (Å²) in [6.07, 6.45) is 41.7. The normalized spacial score (nSPS) is 11.9. The average Bonchev–Trinajstić information content (AvgIpc) is 2.95. The molecule has 1 N–H and O–H groups in total. The van der Waals surface area contributed by atoms with Crippen molar-refractivity contribution in [1.82, 2.24) is 5.32 Å². The molecule has 0 aromatic carbocycles. The van der Waals surface area contributed by atoms with Crippen LogP contribution in [0.4, 0.5) is 0 Å². The molecule has 0 saturated carbocycles. The maximum absolute atomic E-state index is 5.76. The quantitative estimate of drug-likeness (QED) is 0.0639. The minimum atomic E-state index is 0.819. The minimum absolute atomic E-state index is 0.819. The molecule has 0 saturated heterocycles. The number of rotatable bonds is 34. The molecule has 0 aliphatic rings. The Labute approximate surface area is 246 Å². The molecule has 0 bridgehead atoms. The van der Waals surface area contributed by atoms with E-state index in [1.807, 2.05) is 0 Å². The van der Waals surface area contributed by atoms with Crippen LogP contribution in [0.1, 0.15) is 168 Å². The van der Waals surface area contributed by atoms with Crippen LogP contribution in [0.15, 0.2) is 24.3 Å². The van der Waals surface area contributed by atoms with Crippen LogP contribution >= 0.6 is 0 Å². The smallest absolute Gasteiger partial charge is 0.0590 e. The Bertz CT molecular complexity index is 435. The van der Waals surface area contributed by atoms with Crippen LogP contribution in [0.2, 0.25) is 0 Å². The van der Waals surface area contributed by atoms with Crippen molar-refractivity contribution in [1.29, 1.82) is 0 Å². The predicted octanol–water partition coefficient (Wildman–Crippen LogP) is 11.1. The molecule has 3 heteroatoms. The van der Waals surface area contributed by atoms with Crippen LogP contribution in [-0.4, -0.2) is 39.5 Å². The SMILES string of the molecule is CCCCCCC=CCCCCCCCCOCCNCCOCCCCCCCCC=CCCCCCC. The molecule has 0 unspecified atom stereocenters. The largest absolute Gasteiger partial charge is 0.380 e. The lowest BCUT2D eigenvalue weighted by Crippen LogP contribution is -2.24. The first kappa shape index (κ1) is 38.4. The second-order valence-corrected chi connectivity index (χ2v) is 11.4. The lowest BCUT2D eigenvalue weighted by molar-refractivity contribution is 0.117. The molecular weight excluding hydrogens is 478 g/mol. The third kappa shape index (κ3) is 37.4. The number of allylic oxidation sites excluding steroid dienone is 4. The zero-order valence-corrected chi connectivity index (χ0v) is 26.8. The van der Waals surface area contributed by atoms with E-state index in [2.05, 4.69) is 43.5 Å². The lowest BCUT2D eigenvalue weighted by Gasteiger charge is -2.07. The minimum Gasteiger partial charge on any atom is -0.380 e. The van der Waals surface area contributed by atoms with Crippen LogP contribution in [0.25, 0.3) is 0 Å². The molecule has 0 aliphatic heterocycles. The Kier molecular flexibility index (Phi) is 36.7. The highest BCUT2D eigenvalue weighted by Gasteiger charge is 1.95. The van der Waals surface area contributed by atoms with Crippen LogP contribution < -0.4 is 5.32 Å². The van der Waals surface area contributed by atoms with E-state index in [1.165, 1.54) is 154 Å². The summed E-state index contributed by atoms with van der Waals surface area (Å²) in [6, 6.07) is 0. The molecule has 232 valence electrons. The molecule has 0 heterocycles. The monoisotopic (exact) mass is 550 g/mol. The molecule has 0 rings (SSSR count). The van der Waals surface area contributed by atoms with Gasteiger partial charge in [0.25, 0.3) is 0 Å². The van der Waals surface area contributed by atoms with Gasteiger partial charge < -0.3 is 14.8 Å². The van der Waals surface area contributed by atoms with E-state index in [0.717, 1.165) is 39.5 Å². The van der Waals surface area contributed by atoms with Crippen molar-refractivity contribution in [3.63, 3.8) is 0 Å². The van der Waals surface area contributed by atoms with Crippen LogP contribution in [0.5, 0.6) is 0 Å². The average molecular weight is 550 g/mol. The standard InChI is InChI=1S/C36H71NO2/c1-3-5-7-9-11-13-15-17-19-21-23-25-27-29-33-38-35-31-37-32-36-39-34-30-28-26-24-22-20-18-16-14-12-10-8-6-4-2/h13-16,37H,3-12,17-36H2,1-2H3. The number of hydrogen-bond donors (Lipinski definition) is 1. The number of ether oxygens (including phenoxy) is 2. The van der Waals surface area contributed by atoms with Gasteiger partial charge in [-0.3, -0.25) is 0 Å². The molecule has 0 amide bonds. The molecule has 0 aliphatic carbocycles. The van der Waals surface area contributed by atoms with E-state index in [4.69, 9.17) is 9.47 Å². The number of hydrogen-bond acceptors (Lipinski definition) is 3. The molecule has 0 atom stereocenters. The van der Waals surface area contributed by atoms with E-state index in [0.29, 0.717) is 0 Å². The summed E-state index contributed by atoms with van der Waals surface area (Å²) < 4.78 is 11.5. The van der Waals surface area contributed by atoms with E-state index in [1.54, 1.807) is 0 Å². The van der Waals surface area contributed by atoms with Crippen LogP contribution in [0.3, 0.4) is 0 Å². The summed E-state index contributed by atoms with van der Waals surface area (Å²) in [5.41, 5.74) is 0. The fraction of sp³-hybridized carbons (Fsp3) is 0.889. The molecule has 3 nitrogen and oxygen atoms in total. The van der Waals surface area contributed by atoms with Gasteiger partial charge in [0.15, 0.2) is 0 Å². The first-order valence-electron chi connectivity index (χ1n) is 17.6. The predicted molar refractivity (Wildman–Crippen MR) is 175 cm³/mol. The Morgan fingerprint density at radius 1 is 0.359 bits per heavy atom. The summed E-state index contributed by atoms with van der Waals surface area (Å²) in [5.74, 6) is 0. The van der Waals surface area contributed by atoms with Gasteiger partial charge >= 0.3 is 0 Å². The fourth-order valence-corrected chi connectivity index (χ4v) is 4.81. The second-order valence-electron chi connectivity index (χ2n) is 11.4. The summed E-state index contributed by atoms with van der Waals surface area (Å²) >= 11 is 0. The van der Waals surface area contributed by atoms with Gasteiger partial charge in [-0.1, -0.05) is 128 Å². The van der Waals surface area contributed by atoms with Crippen molar-refractivity contribution in [2.75, 3.05) is 39.5 Å². The highest BCUT2D eigenvalue weighted by Crippen LogP contribution is 2.10. The second kappa shape index (κ2) is 37.4. The van der Waals surface area contributed by atoms with Gasteiger partial charge in [0.05, 0.1) is 13.2 Å². The Morgan fingerprint density at radius 2 is 0.667 bits per heavy atom. The number of unbranched alkanes of at least 4 members (excludes halogenated alkanes) is 20. The van der Waals surface area contributed by atoms with Gasteiger partial charge in [-0.25, -0.2) is 0 Å². The first-order chi connectivity index (χ1) is 19.4. The summed E-state index contributed by atoms with van der Waals surface area (Å²) in [7, 11) is 0. The molecular formula is C36H71NO2. The number of nitrogens with one attached hydrogen (secondary N) is 1. The first-order valence-corrected chi connectivity index (χ1v) is 17.6. The van der Waals surface area contributed by atoms with E-state index >= 15 is 0 Å². The van der Waals surface area contributed by atoms with Gasteiger partial charge in [0.2, 0.25) is 0 Å². The zero-order chi connectivity index (χ0) is 28.2. The van der Waals surface area contributed by atoms with Crippen LogP contribution in [0, 0.1) is 0 Å². The highest BCUT2D eigenvalue weighted by atomic mass is 16.5. The topological polar surface area (TPSA) is 30.5 Å². The Morgan fingerprint density at radius 3 is 1.03 bits per heavy atom. The molecule has 0 fully saturated rings. The van der Waals surface area contributed by atoms with Crippen molar-refractivity contribution < 1.29 is 9.47 Å².